The Morgan fingerprint density at radius 1 is 1.46 bits per heavy atom. The van der Waals surface area contributed by atoms with E-state index in [1.165, 1.54) is 11.8 Å². The van der Waals surface area contributed by atoms with Crippen LogP contribution in [-0.2, 0) is 0 Å². The SMILES string of the molecule is CSC(=O)c1cccc2n[nH]nc12. The molecule has 5 heteroatoms. The molecule has 13 heavy (non-hydrogen) atoms. The van der Waals surface area contributed by atoms with E-state index in [0.717, 1.165) is 5.52 Å². The predicted molar refractivity (Wildman–Crippen MR) is 51.7 cm³/mol. The summed E-state index contributed by atoms with van der Waals surface area (Å²) in [5.74, 6) is 0. The average molecular weight is 193 g/mol. The Bertz CT molecular complexity index is 451. The highest BCUT2D eigenvalue weighted by Gasteiger charge is 2.10. The molecule has 0 aliphatic rings. The van der Waals surface area contributed by atoms with Crippen molar-refractivity contribution >= 4 is 27.9 Å². The molecule has 0 radical (unpaired) electrons. The van der Waals surface area contributed by atoms with E-state index in [1.54, 1.807) is 18.4 Å². The molecule has 66 valence electrons. The Morgan fingerprint density at radius 3 is 3.08 bits per heavy atom. The molecule has 1 N–H and O–H groups in total. The van der Waals surface area contributed by atoms with E-state index in [1.807, 2.05) is 6.07 Å². The van der Waals surface area contributed by atoms with Gasteiger partial charge >= 0.3 is 0 Å². The number of thioether (sulfide) groups is 1. The number of fused-ring (bicyclic) bond motifs is 1. The third-order valence-corrected chi connectivity index (χ3v) is 2.34. The number of hydrogen-bond donors (Lipinski definition) is 1. The second-order valence-electron chi connectivity index (χ2n) is 2.49. The lowest BCUT2D eigenvalue weighted by molar-refractivity contribution is 0.109. The van der Waals surface area contributed by atoms with Crippen molar-refractivity contribution in [1.29, 1.82) is 0 Å². The largest absolute Gasteiger partial charge is 0.281 e. The second kappa shape index (κ2) is 3.18. The van der Waals surface area contributed by atoms with Crippen LogP contribution in [-0.4, -0.2) is 26.8 Å². The lowest BCUT2D eigenvalue weighted by atomic mass is 10.2. The molecule has 1 aromatic carbocycles. The van der Waals surface area contributed by atoms with Gasteiger partial charge in [-0.2, -0.15) is 15.4 Å². The summed E-state index contributed by atoms with van der Waals surface area (Å²) in [6.07, 6.45) is 1.75. The Labute approximate surface area is 78.7 Å². The smallest absolute Gasteiger partial charge is 0.221 e. The molecule has 0 spiro atoms. The fourth-order valence-electron chi connectivity index (χ4n) is 1.14. The number of hydrogen-bond acceptors (Lipinski definition) is 4. The maximum atomic E-state index is 11.4. The fourth-order valence-corrected chi connectivity index (χ4v) is 1.53. The molecule has 0 aliphatic heterocycles. The number of rotatable bonds is 1. The number of para-hydroxylation sites is 1. The maximum absolute atomic E-state index is 11.4. The van der Waals surface area contributed by atoms with Crippen LogP contribution in [0.3, 0.4) is 0 Å². The first-order valence-corrected chi connectivity index (χ1v) is 4.93. The van der Waals surface area contributed by atoms with Crippen molar-refractivity contribution in [2.45, 2.75) is 0 Å². The van der Waals surface area contributed by atoms with Gasteiger partial charge in [-0.05, 0) is 18.4 Å². The minimum Gasteiger partial charge on any atom is -0.281 e. The van der Waals surface area contributed by atoms with Crippen molar-refractivity contribution in [3.05, 3.63) is 23.8 Å². The highest BCUT2D eigenvalue weighted by Crippen LogP contribution is 2.17. The summed E-state index contributed by atoms with van der Waals surface area (Å²) in [5.41, 5.74) is 1.97. The first kappa shape index (κ1) is 8.25. The Morgan fingerprint density at radius 2 is 2.31 bits per heavy atom. The van der Waals surface area contributed by atoms with Crippen molar-refractivity contribution in [1.82, 2.24) is 15.4 Å². The average Bonchev–Trinajstić information content (AvgIpc) is 2.63. The monoisotopic (exact) mass is 193 g/mol. The molecular formula is C8H7N3OS. The van der Waals surface area contributed by atoms with E-state index in [0.29, 0.717) is 11.1 Å². The number of aromatic amines is 1. The van der Waals surface area contributed by atoms with Gasteiger partial charge in [0.05, 0.1) is 5.56 Å². The minimum absolute atomic E-state index is 0.0134. The summed E-state index contributed by atoms with van der Waals surface area (Å²) in [5, 5.41) is 10.3. The molecule has 2 aromatic rings. The molecule has 0 unspecified atom stereocenters. The molecule has 0 saturated carbocycles. The van der Waals surface area contributed by atoms with Crippen LogP contribution in [0.25, 0.3) is 11.0 Å². The lowest BCUT2D eigenvalue weighted by Crippen LogP contribution is -1.93. The summed E-state index contributed by atoms with van der Waals surface area (Å²) < 4.78 is 0. The van der Waals surface area contributed by atoms with Crippen LogP contribution in [0.4, 0.5) is 0 Å². The molecule has 0 atom stereocenters. The molecule has 4 nitrogen and oxygen atoms in total. The normalized spacial score (nSPS) is 10.5. The van der Waals surface area contributed by atoms with Gasteiger partial charge < -0.3 is 0 Å². The standard InChI is InChI=1S/C8H7N3OS/c1-13-8(12)5-3-2-4-6-7(5)10-11-9-6/h2-4H,1H3,(H,9,10,11). The molecule has 1 aromatic heterocycles. The molecular weight excluding hydrogens is 186 g/mol. The number of carbonyl (C=O) groups excluding carboxylic acids is 1. The quantitative estimate of drug-likeness (QED) is 0.744. The zero-order valence-corrected chi connectivity index (χ0v) is 7.76. The van der Waals surface area contributed by atoms with Gasteiger partial charge in [-0.3, -0.25) is 4.79 Å². The van der Waals surface area contributed by atoms with E-state index in [9.17, 15) is 4.79 Å². The van der Waals surface area contributed by atoms with Crippen LogP contribution < -0.4 is 0 Å². The van der Waals surface area contributed by atoms with Gasteiger partial charge in [-0.15, -0.1) is 0 Å². The summed E-state index contributed by atoms with van der Waals surface area (Å²) >= 11 is 1.18. The van der Waals surface area contributed by atoms with E-state index in [-0.39, 0.29) is 5.12 Å². The van der Waals surface area contributed by atoms with Crippen LogP contribution >= 0.6 is 11.8 Å². The number of nitrogens with one attached hydrogen (secondary N) is 1. The maximum Gasteiger partial charge on any atom is 0.221 e. The molecule has 0 saturated heterocycles. The minimum atomic E-state index is 0.0134. The fraction of sp³-hybridized carbons (Fsp3) is 0.125. The van der Waals surface area contributed by atoms with Crippen LogP contribution in [0, 0.1) is 0 Å². The first-order valence-electron chi connectivity index (χ1n) is 3.70. The number of H-pyrrole nitrogens is 1. The Hall–Kier alpha value is -1.36. The lowest BCUT2D eigenvalue weighted by Gasteiger charge is -1.95. The number of aromatic nitrogens is 3. The van der Waals surface area contributed by atoms with Gasteiger partial charge in [0, 0.05) is 0 Å². The zero-order valence-electron chi connectivity index (χ0n) is 6.94. The van der Waals surface area contributed by atoms with Crippen LogP contribution in [0.5, 0.6) is 0 Å². The van der Waals surface area contributed by atoms with Gasteiger partial charge in [-0.1, -0.05) is 17.8 Å². The topological polar surface area (TPSA) is 58.6 Å². The third kappa shape index (κ3) is 1.31. The first-order chi connectivity index (χ1) is 6.33. The predicted octanol–water partition coefficient (Wildman–Crippen LogP) is 1.46. The summed E-state index contributed by atoms with van der Waals surface area (Å²) in [6, 6.07) is 5.37. The van der Waals surface area contributed by atoms with E-state index >= 15 is 0 Å². The molecule has 0 fully saturated rings. The zero-order chi connectivity index (χ0) is 9.26. The van der Waals surface area contributed by atoms with E-state index in [4.69, 9.17) is 0 Å². The van der Waals surface area contributed by atoms with Crippen molar-refractivity contribution in [3.63, 3.8) is 0 Å². The van der Waals surface area contributed by atoms with E-state index < -0.39 is 0 Å². The molecule has 0 aliphatic carbocycles. The summed E-state index contributed by atoms with van der Waals surface area (Å²) in [7, 11) is 0. The molecule has 2 rings (SSSR count). The van der Waals surface area contributed by atoms with Gasteiger partial charge in [-0.25, -0.2) is 0 Å². The highest BCUT2D eigenvalue weighted by atomic mass is 32.2. The summed E-state index contributed by atoms with van der Waals surface area (Å²) in [4.78, 5) is 11.4. The van der Waals surface area contributed by atoms with Gasteiger partial charge in [0.2, 0.25) is 5.12 Å². The van der Waals surface area contributed by atoms with Crippen molar-refractivity contribution in [2.24, 2.45) is 0 Å². The van der Waals surface area contributed by atoms with Crippen LogP contribution in [0.2, 0.25) is 0 Å². The van der Waals surface area contributed by atoms with Crippen LogP contribution in [0.15, 0.2) is 18.2 Å². The number of nitrogens with zero attached hydrogens (tertiary/aromatic N) is 2. The van der Waals surface area contributed by atoms with Crippen LogP contribution in [0.1, 0.15) is 10.4 Å². The number of carbonyl (C=O) groups is 1. The van der Waals surface area contributed by atoms with Crippen molar-refractivity contribution < 1.29 is 4.79 Å². The van der Waals surface area contributed by atoms with Crippen molar-refractivity contribution in [2.75, 3.05) is 6.26 Å². The Kier molecular flexibility index (Phi) is 2.02. The molecule has 0 amide bonds. The molecule has 0 bridgehead atoms. The molecule has 1 heterocycles. The summed E-state index contributed by atoms with van der Waals surface area (Å²) in [6.45, 7) is 0. The van der Waals surface area contributed by atoms with Gasteiger partial charge in [0.25, 0.3) is 0 Å². The van der Waals surface area contributed by atoms with Gasteiger partial charge in [0.1, 0.15) is 11.0 Å². The Balaban J connectivity index is 2.67. The highest BCUT2D eigenvalue weighted by molar-refractivity contribution is 8.13. The van der Waals surface area contributed by atoms with E-state index in [2.05, 4.69) is 15.4 Å². The number of benzene rings is 1. The van der Waals surface area contributed by atoms with Gasteiger partial charge in [0.15, 0.2) is 0 Å². The third-order valence-electron chi connectivity index (χ3n) is 1.75. The second-order valence-corrected chi connectivity index (χ2v) is 3.27. The van der Waals surface area contributed by atoms with Crippen molar-refractivity contribution in [3.8, 4) is 0 Å².